The summed E-state index contributed by atoms with van der Waals surface area (Å²) < 4.78 is 22.6. The van der Waals surface area contributed by atoms with Gasteiger partial charge in [-0.3, -0.25) is 4.79 Å². The highest BCUT2D eigenvalue weighted by Gasteiger charge is 2.11. The standard InChI is InChI=1S/C27H30N2O5/c1-4-15-33-24-13-11-21(16-26(24)32-5-2)18-28-29-27(30)22-12-14-23(25(17-22)31-3)34-19-20-9-7-6-8-10-20/h6-14,16-18H,4-5,15,19H2,1-3H3,(H,29,30)/b28-18+. The lowest BCUT2D eigenvalue weighted by Gasteiger charge is -2.12. The lowest BCUT2D eigenvalue weighted by Crippen LogP contribution is -2.17. The Hall–Kier alpha value is -4.00. The SMILES string of the molecule is CCCOc1ccc(/C=N/NC(=O)c2ccc(OCc3ccccc3)c(OC)c2)cc1OCC. The van der Waals surface area contributed by atoms with E-state index in [1.54, 1.807) is 24.4 Å². The molecule has 0 aromatic heterocycles. The zero-order valence-electron chi connectivity index (χ0n) is 19.7. The maximum Gasteiger partial charge on any atom is 0.271 e. The second-order valence-corrected chi connectivity index (χ2v) is 7.33. The van der Waals surface area contributed by atoms with Gasteiger partial charge in [0.25, 0.3) is 5.91 Å². The van der Waals surface area contributed by atoms with Gasteiger partial charge < -0.3 is 18.9 Å². The first-order valence-corrected chi connectivity index (χ1v) is 11.2. The fraction of sp³-hybridized carbons (Fsp3) is 0.259. The van der Waals surface area contributed by atoms with Crippen molar-refractivity contribution in [1.29, 1.82) is 0 Å². The summed E-state index contributed by atoms with van der Waals surface area (Å²) in [5.41, 5.74) is 4.75. The molecule has 0 heterocycles. The molecule has 0 aliphatic heterocycles. The van der Waals surface area contributed by atoms with E-state index in [2.05, 4.69) is 10.5 Å². The van der Waals surface area contributed by atoms with Gasteiger partial charge in [0.2, 0.25) is 0 Å². The van der Waals surface area contributed by atoms with Gasteiger partial charge in [0.15, 0.2) is 23.0 Å². The molecule has 3 rings (SSSR count). The van der Waals surface area contributed by atoms with E-state index in [0.717, 1.165) is 17.5 Å². The molecule has 0 saturated heterocycles. The van der Waals surface area contributed by atoms with Crippen LogP contribution in [0.3, 0.4) is 0 Å². The Morgan fingerprint density at radius 3 is 2.38 bits per heavy atom. The highest BCUT2D eigenvalue weighted by molar-refractivity contribution is 5.95. The molecule has 0 aliphatic rings. The number of amides is 1. The molecule has 0 saturated carbocycles. The van der Waals surface area contributed by atoms with Crippen LogP contribution in [0.15, 0.2) is 71.8 Å². The highest BCUT2D eigenvalue weighted by Crippen LogP contribution is 2.29. The number of hydrogen-bond acceptors (Lipinski definition) is 6. The molecule has 3 aromatic rings. The van der Waals surface area contributed by atoms with Crippen LogP contribution >= 0.6 is 0 Å². The van der Waals surface area contributed by atoms with Gasteiger partial charge in [-0.05, 0) is 60.9 Å². The number of carbonyl (C=O) groups excluding carboxylic acids is 1. The Morgan fingerprint density at radius 1 is 0.882 bits per heavy atom. The third-order valence-corrected chi connectivity index (χ3v) is 4.77. The molecule has 7 nitrogen and oxygen atoms in total. The zero-order chi connectivity index (χ0) is 24.2. The minimum absolute atomic E-state index is 0.364. The molecule has 0 aliphatic carbocycles. The van der Waals surface area contributed by atoms with Gasteiger partial charge in [-0.1, -0.05) is 37.3 Å². The normalized spacial score (nSPS) is 10.7. The number of carbonyl (C=O) groups is 1. The maximum atomic E-state index is 12.6. The van der Waals surface area contributed by atoms with E-state index in [1.165, 1.54) is 7.11 Å². The molecule has 0 radical (unpaired) electrons. The molecule has 178 valence electrons. The van der Waals surface area contributed by atoms with Crippen molar-refractivity contribution in [2.24, 2.45) is 5.10 Å². The van der Waals surface area contributed by atoms with Crippen LogP contribution in [0.1, 0.15) is 41.8 Å². The van der Waals surface area contributed by atoms with Crippen LogP contribution in [0.5, 0.6) is 23.0 Å². The molecule has 0 spiro atoms. The number of rotatable bonds is 12. The third-order valence-electron chi connectivity index (χ3n) is 4.77. The Bertz CT molecular complexity index is 1100. The Balaban J connectivity index is 1.63. The summed E-state index contributed by atoms with van der Waals surface area (Å²) in [5.74, 6) is 1.99. The minimum Gasteiger partial charge on any atom is -0.493 e. The monoisotopic (exact) mass is 462 g/mol. The van der Waals surface area contributed by atoms with E-state index in [-0.39, 0.29) is 5.91 Å². The van der Waals surface area contributed by atoms with Crippen LogP contribution in [0.25, 0.3) is 0 Å². The maximum absolute atomic E-state index is 12.6. The van der Waals surface area contributed by atoms with Gasteiger partial charge in [0.1, 0.15) is 6.61 Å². The van der Waals surface area contributed by atoms with Gasteiger partial charge in [-0.25, -0.2) is 5.43 Å². The molecular formula is C27H30N2O5. The van der Waals surface area contributed by atoms with Crippen molar-refractivity contribution in [2.45, 2.75) is 26.9 Å². The van der Waals surface area contributed by atoms with Crippen LogP contribution in [-0.4, -0.2) is 32.4 Å². The van der Waals surface area contributed by atoms with E-state index in [1.807, 2.05) is 62.4 Å². The first kappa shape index (κ1) is 24.6. The molecule has 0 unspecified atom stereocenters. The number of hydrogen-bond donors (Lipinski definition) is 1. The quantitative estimate of drug-likeness (QED) is 0.295. The summed E-state index contributed by atoms with van der Waals surface area (Å²) in [7, 11) is 1.54. The van der Waals surface area contributed by atoms with Crippen molar-refractivity contribution in [1.82, 2.24) is 5.43 Å². The predicted molar refractivity (Wildman–Crippen MR) is 132 cm³/mol. The van der Waals surface area contributed by atoms with Crippen LogP contribution in [0.4, 0.5) is 0 Å². The first-order chi connectivity index (χ1) is 16.6. The molecule has 7 heteroatoms. The number of methoxy groups -OCH3 is 1. The van der Waals surface area contributed by atoms with Gasteiger partial charge in [-0.2, -0.15) is 5.10 Å². The molecule has 0 bridgehead atoms. The highest BCUT2D eigenvalue weighted by atomic mass is 16.5. The average molecular weight is 463 g/mol. The van der Waals surface area contributed by atoms with E-state index in [4.69, 9.17) is 18.9 Å². The average Bonchev–Trinajstić information content (AvgIpc) is 2.87. The number of hydrazone groups is 1. The molecular weight excluding hydrogens is 432 g/mol. The molecule has 1 amide bonds. The Kier molecular flexibility index (Phi) is 9.34. The van der Waals surface area contributed by atoms with Crippen molar-refractivity contribution >= 4 is 12.1 Å². The number of nitrogens with one attached hydrogen (secondary N) is 1. The summed E-state index contributed by atoms with van der Waals surface area (Å²) in [4.78, 5) is 12.6. The van der Waals surface area contributed by atoms with E-state index < -0.39 is 0 Å². The molecule has 1 N–H and O–H groups in total. The van der Waals surface area contributed by atoms with Gasteiger partial charge in [-0.15, -0.1) is 0 Å². The summed E-state index contributed by atoms with van der Waals surface area (Å²) in [6.07, 6.45) is 2.46. The largest absolute Gasteiger partial charge is 0.493 e. The lowest BCUT2D eigenvalue weighted by molar-refractivity contribution is 0.0954. The smallest absolute Gasteiger partial charge is 0.271 e. The van der Waals surface area contributed by atoms with Crippen molar-refractivity contribution in [2.75, 3.05) is 20.3 Å². The second-order valence-electron chi connectivity index (χ2n) is 7.33. The number of nitrogens with zero attached hydrogens (tertiary/aromatic N) is 1. The summed E-state index contributed by atoms with van der Waals surface area (Å²) in [6.45, 7) is 5.50. The topological polar surface area (TPSA) is 78.4 Å². The van der Waals surface area contributed by atoms with Crippen LogP contribution in [-0.2, 0) is 6.61 Å². The zero-order valence-corrected chi connectivity index (χ0v) is 19.7. The first-order valence-electron chi connectivity index (χ1n) is 11.2. The third kappa shape index (κ3) is 7.00. The van der Waals surface area contributed by atoms with E-state index in [9.17, 15) is 4.79 Å². The number of benzene rings is 3. The Morgan fingerprint density at radius 2 is 1.65 bits per heavy atom. The minimum atomic E-state index is -0.364. The van der Waals surface area contributed by atoms with Crippen LogP contribution in [0, 0.1) is 0 Å². The van der Waals surface area contributed by atoms with E-state index in [0.29, 0.717) is 48.4 Å². The van der Waals surface area contributed by atoms with E-state index >= 15 is 0 Å². The van der Waals surface area contributed by atoms with Crippen molar-refractivity contribution in [3.8, 4) is 23.0 Å². The fourth-order valence-corrected chi connectivity index (χ4v) is 3.10. The van der Waals surface area contributed by atoms with Crippen molar-refractivity contribution in [3.05, 3.63) is 83.4 Å². The summed E-state index contributed by atoms with van der Waals surface area (Å²) in [6, 6.07) is 20.3. The summed E-state index contributed by atoms with van der Waals surface area (Å²) >= 11 is 0. The summed E-state index contributed by atoms with van der Waals surface area (Å²) in [5, 5.41) is 4.07. The van der Waals surface area contributed by atoms with Gasteiger partial charge in [0.05, 0.1) is 26.5 Å². The predicted octanol–water partition coefficient (Wildman–Crippen LogP) is 5.23. The van der Waals surface area contributed by atoms with Crippen molar-refractivity contribution < 1.29 is 23.7 Å². The fourth-order valence-electron chi connectivity index (χ4n) is 3.10. The van der Waals surface area contributed by atoms with Crippen LogP contribution < -0.4 is 24.4 Å². The lowest BCUT2D eigenvalue weighted by atomic mass is 10.2. The molecule has 3 aromatic carbocycles. The molecule has 0 fully saturated rings. The Labute approximate surface area is 200 Å². The molecule has 0 atom stereocenters. The van der Waals surface area contributed by atoms with Crippen LogP contribution in [0.2, 0.25) is 0 Å². The van der Waals surface area contributed by atoms with Gasteiger partial charge in [0, 0.05) is 5.56 Å². The van der Waals surface area contributed by atoms with Crippen molar-refractivity contribution in [3.63, 3.8) is 0 Å². The number of ether oxygens (including phenoxy) is 4. The second kappa shape index (κ2) is 12.9. The van der Waals surface area contributed by atoms with Gasteiger partial charge >= 0.3 is 0 Å². The molecule has 34 heavy (non-hydrogen) atoms.